The molecular formula is C19H22N4O2S. The Labute approximate surface area is 156 Å². The third-order valence-corrected chi connectivity index (χ3v) is 5.10. The maximum absolute atomic E-state index is 11.7. The summed E-state index contributed by atoms with van der Waals surface area (Å²) >= 11 is 1.64. The molecule has 0 aliphatic heterocycles. The lowest BCUT2D eigenvalue weighted by atomic mass is 10.0. The van der Waals surface area contributed by atoms with Gasteiger partial charge in [-0.2, -0.15) is 0 Å². The van der Waals surface area contributed by atoms with Crippen molar-refractivity contribution in [3.63, 3.8) is 0 Å². The first-order chi connectivity index (χ1) is 12.6. The first-order valence-corrected chi connectivity index (χ1v) is 9.34. The van der Waals surface area contributed by atoms with E-state index in [1.807, 2.05) is 0 Å². The predicted octanol–water partition coefficient (Wildman–Crippen LogP) is 2.89. The van der Waals surface area contributed by atoms with Gasteiger partial charge in [0.05, 0.1) is 12.0 Å². The monoisotopic (exact) mass is 370 g/mol. The van der Waals surface area contributed by atoms with Gasteiger partial charge in [-0.3, -0.25) is 4.79 Å². The van der Waals surface area contributed by atoms with Crippen LogP contribution < -0.4 is 10.6 Å². The minimum atomic E-state index is -0.0999. The molecule has 3 N–H and O–H groups in total. The standard InChI is InChI=1S/C19H22N4O2S/c1-12-3-5-14(6-4-12)16-13(2)26-19-17(16)18(22-11-23-19)21-8-7-15(25)20-9-10-24/h3-6,11,24H,7-10H2,1-2H3,(H,20,25)(H,21,22,23). The predicted molar refractivity (Wildman–Crippen MR) is 106 cm³/mol. The van der Waals surface area contributed by atoms with Crippen LogP contribution in [0.15, 0.2) is 30.6 Å². The van der Waals surface area contributed by atoms with Crippen LogP contribution in [0.4, 0.5) is 5.82 Å². The minimum absolute atomic E-state index is 0.0558. The van der Waals surface area contributed by atoms with Crippen LogP contribution in [-0.4, -0.2) is 40.7 Å². The summed E-state index contributed by atoms with van der Waals surface area (Å²) in [5.74, 6) is 0.641. The molecule has 26 heavy (non-hydrogen) atoms. The van der Waals surface area contributed by atoms with Crippen molar-refractivity contribution in [1.82, 2.24) is 15.3 Å². The molecular weight excluding hydrogens is 348 g/mol. The van der Waals surface area contributed by atoms with Gasteiger partial charge in [0, 0.05) is 30.0 Å². The van der Waals surface area contributed by atoms with Crippen molar-refractivity contribution in [2.45, 2.75) is 20.3 Å². The average Bonchev–Trinajstić information content (AvgIpc) is 2.97. The highest BCUT2D eigenvalue weighted by Gasteiger charge is 2.16. The second kappa shape index (κ2) is 8.25. The number of carbonyl (C=O) groups excluding carboxylic acids is 1. The smallest absolute Gasteiger partial charge is 0.221 e. The van der Waals surface area contributed by atoms with Crippen LogP contribution in [0.2, 0.25) is 0 Å². The van der Waals surface area contributed by atoms with E-state index in [1.54, 1.807) is 17.7 Å². The van der Waals surface area contributed by atoms with Gasteiger partial charge in [-0.15, -0.1) is 11.3 Å². The molecule has 0 radical (unpaired) electrons. The molecule has 0 aliphatic rings. The molecule has 0 spiro atoms. The third-order valence-electron chi connectivity index (χ3n) is 4.08. The molecule has 1 amide bonds. The Morgan fingerprint density at radius 2 is 1.92 bits per heavy atom. The van der Waals surface area contributed by atoms with Crippen LogP contribution in [0.1, 0.15) is 16.9 Å². The van der Waals surface area contributed by atoms with Gasteiger partial charge < -0.3 is 15.7 Å². The number of carbonyl (C=O) groups is 1. The zero-order chi connectivity index (χ0) is 18.5. The van der Waals surface area contributed by atoms with Crippen molar-refractivity contribution < 1.29 is 9.90 Å². The van der Waals surface area contributed by atoms with Crippen molar-refractivity contribution in [2.24, 2.45) is 0 Å². The maximum Gasteiger partial charge on any atom is 0.221 e. The molecule has 7 heteroatoms. The van der Waals surface area contributed by atoms with Crippen LogP contribution in [0.5, 0.6) is 0 Å². The van der Waals surface area contributed by atoms with Crippen molar-refractivity contribution in [3.8, 4) is 11.1 Å². The Balaban J connectivity index is 1.87. The van der Waals surface area contributed by atoms with Gasteiger partial charge in [-0.1, -0.05) is 29.8 Å². The molecule has 0 atom stereocenters. The van der Waals surface area contributed by atoms with Crippen LogP contribution in [0.25, 0.3) is 21.3 Å². The summed E-state index contributed by atoms with van der Waals surface area (Å²) in [5, 5.41) is 15.6. The number of nitrogens with one attached hydrogen (secondary N) is 2. The van der Waals surface area contributed by atoms with Crippen molar-refractivity contribution in [2.75, 3.05) is 25.0 Å². The van der Waals surface area contributed by atoms with Gasteiger partial charge in [-0.25, -0.2) is 9.97 Å². The summed E-state index contributed by atoms with van der Waals surface area (Å²) in [6.45, 7) is 4.84. The van der Waals surface area contributed by atoms with Crippen molar-refractivity contribution >= 4 is 33.3 Å². The number of amides is 1. The highest BCUT2D eigenvalue weighted by atomic mass is 32.1. The first kappa shape index (κ1) is 18.3. The molecule has 0 bridgehead atoms. The molecule has 3 rings (SSSR count). The first-order valence-electron chi connectivity index (χ1n) is 8.52. The normalized spacial score (nSPS) is 10.9. The number of aryl methyl sites for hydroxylation is 2. The van der Waals surface area contributed by atoms with Gasteiger partial charge in [0.2, 0.25) is 5.91 Å². The number of benzene rings is 1. The van der Waals surface area contributed by atoms with E-state index in [1.165, 1.54) is 10.4 Å². The summed E-state index contributed by atoms with van der Waals surface area (Å²) in [6.07, 6.45) is 1.86. The zero-order valence-corrected chi connectivity index (χ0v) is 15.7. The molecule has 0 fully saturated rings. The molecule has 0 aliphatic carbocycles. The number of anilines is 1. The van der Waals surface area contributed by atoms with E-state index in [2.05, 4.69) is 58.7 Å². The van der Waals surface area contributed by atoms with E-state index in [9.17, 15) is 4.79 Å². The Morgan fingerprint density at radius 1 is 1.15 bits per heavy atom. The third kappa shape index (κ3) is 4.00. The van der Waals surface area contributed by atoms with Gasteiger partial charge in [0.1, 0.15) is 17.0 Å². The lowest BCUT2D eigenvalue weighted by Crippen LogP contribution is -2.28. The van der Waals surface area contributed by atoms with E-state index in [4.69, 9.17) is 5.11 Å². The zero-order valence-electron chi connectivity index (χ0n) is 14.9. The topological polar surface area (TPSA) is 87.1 Å². The van der Waals surface area contributed by atoms with Crippen molar-refractivity contribution in [3.05, 3.63) is 41.0 Å². The number of nitrogens with zero attached hydrogens (tertiary/aromatic N) is 2. The summed E-state index contributed by atoms with van der Waals surface area (Å²) in [5.41, 5.74) is 3.49. The maximum atomic E-state index is 11.7. The van der Waals surface area contributed by atoms with Crippen LogP contribution in [0.3, 0.4) is 0 Å². The van der Waals surface area contributed by atoms with E-state index in [0.29, 0.717) is 13.0 Å². The van der Waals surface area contributed by atoms with E-state index < -0.39 is 0 Å². The number of aliphatic hydroxyl groups is 1. The fraction of sp³-hybridized carbons (Fsp3) is 0.316. The number of fused-ring (bicyclic) bond motifs is 1. The van der Waals surface area contributed by atoms with E-state index in [-0.39, 0.29) is 19.1 Å². The number of rotatable bonds is 7. The number of hydrogen-bond donors (Lipinski definition) is 3. The lowest BCUT2D eigenvalue weighted by molar-refractivity contribution is -0.120. The quantitative estimate of drug-likeness (QED) is 0.595. The molecule has 1 aromatic carbocycles. The molecule has 136 valence electrons. The lowest BCUT2D eigenvalue weighted by Gasteiger charge is -2.09. The largest absolute Gasteiger partial charge is 0.395 e. The minimum Gasteiger partial charge on any atom is -0.395 e. The number of aliphatic hydroxyl groups excluding tert-OH is 1. The second-order valence-corrected chi connectivity index (χ2v) is 7.26. The summed E-state index contributed by atoms with van der Waals surface area (Å²) in [7, 11) is 0. The van der Waals surface area contributed by atoms with Gasteiger partial charge >= 0.3 is 0 Å². The van der Waals surface area contributed by atoms with Crippen molar-refractivity contribution in [1.29, 1.82) is 0 Å². The fourth-order valence-electron chi connectivity index (χ4n) is 2.82. The SMILES string of the molecule is Cc1ccc(-c2c(C)sc3ncnc(NCCC(=O)NCCO)c23)cc1. The molecule has 0 unspecified atom stereocenters. The average molecular weight is 370 g/mol. The summed E-state index contributed by atoms with van der Waals surface area (Å²) in [4.78, 5) is 22.6. The fourth-order valence-corrected chi connectivity index (χ4v) is 3.84. The molecule has 6 nitrogen and oxygen atoms in total. The Hall–Kier alpha value is -2.51. The van der Waals surface area contributed by atoms with E-state index in [0.717, 1.165) is 27.2 Å². The van der Waals surface area contributed by atoms with Gasteiger partial charge in [-0.05, 0) is 19.4 Å². The van der Waals surface area contributed by atoms with Crippen LogP contribution in [0, 0.1) is 13.8 Å². The van der Waals surface area contributed by atoms with Crippen LogP contribution >= 0.6 is 11.3 Å². The molecule has 2 heterocycles. The molecule has 2 aromatic heterocycles. The Bertz CT molecular complexity index is 906. The highest BCUT2D eigenvalue weighted by Crippen LogP contribution is 2.40. The molecule has 3 aromatic rings. The van der Waals surface area contributed by atoms with Crippen LogP contribution in [-0.2, 0) is 4.79 Å². The second-order valence-electron chi connectivity index (χ2n) is 6.05. The summed E-state index contributed by atoms with van der Waals surface area (Å²) < 4.78 is 0. The van der Waals surface area contributed by atoms with Gasteiger partial charge in [0.25, 0.3) is 0 Å². The highest BCUT2D eigenvalue weighted by molar-refractivity contribution is 7.19. The Kier molecular flexibility index (Phi) is 5.80. The molecule has 0 saturated heterocycles. The van der Waals surface area contributed by atoms with E-state index >= 15 is 0 Å². The van der Waals surface area contributed by atoms with Gasteiger partial charge in [0.15, 0.2) is 0 Å². The summed E-state index contributed by atoms with van der Waals surface area (Å²) in [6, 6.07) is 8.42. The molecule has 0 saturated carbocycles. The number of thiophene rings is 1. The number of aromatic nitrogens is 2. The Morgan fingerprint density at radius 3 is 2.65 bits per heavy atom. The number of hydrogen-bond acceptors (Lipinski definition) is 6.